The Morgan fingerprint density at radius 3 is 2.56 bits per heavy atom. The van der Waals surface area contributed by atoms with Crippen molar-refractivity contribution < 1.29 is 18.4 Å². The van der Waals surface area contributed by atoms with E-state index in [2.05, 4.69) is 35.7 Å². The summed E-state index contributed by atoms with van der Waals surface area (Å²) in [6.07, 6.45) is 9.10. The van der Waals surface area contributed by atoms with Gasteiger partial charge in [-0.3, -0.25) is 14.4 Å². The molecule has 232 valence electrons. The van der Waals surface area contributed by atoms with Crippen LogP contribution >= 0.6 is 11.6 Å². The zero-order valence-electron chi connectivity index (χ0n) is 25.1. The molecule has 1 atom stereocenters. The number of rotatable bonds is 8. The van der Waals surface area contributed by atoms with Crippen molar-refractivity contribution in [2.75, 3.05) is 6.54 Å². The Kier molecular flexibility index (Phi) is 9.45. The molecule has 1 aromatic heterocycles. The van der Waals surface area contributed by atoms with Crippen LogP contribution in [0.25, 0.3) is 11.0 Å². The molecular weight excluding hydrogens is 591 g/mol. The third-order valence-electron chi connectivity index (χ3n) is 8.94. The fourth-order valence-corrected chi connectivity index (χ4v) is 6.69. The predicted octanol–water partition coefficient (Wildman–Crippen LogP) is 7.72. The first kappa shape index (κ1) is 30.8. The molecule has 0 radical (unpaired) electrons. The van der Waals surface area contributed by atoms with Crippen LogP contribution in [0.5, 0.6) is 0 Å². The van der Waals surface area contributed by atoms with Crippen molar-refractivity contribution in [3.8, 4) is 0 Å². The number of amides is 2. The van der Waals surface area contributed by atoms with Crippen LogP contribution < -0.4 is 10.7 Å². The third-order valence-corrected chi connectivity index (χ3v) is 9.19. The summed E-state index contributed by atoms with van der Waals surface area (Å²) in [5, 5.41) is 3.78. The van der Waals surface area contributed by atoms with Crippen molar-refractivity contribution in [3.63, 3.8) is 0 Å². The first-order valence-corrected chi connectivity index (χ1v) is 16.0. The van der Waals surface area contributed by atoms with Crippen molar-refractivity contribution in [1.82, 2.24) is 10.2 Å². The van der Waals surface area contributed by atoms with Crippen LogP contribution in [0.15, 0.2) is 93.7 Å². The average Bonchev–Trinajstić information content (AvgIpc) is 3.04. The van der Waals surface area contributed by atoms with E-state index in [0.717, 1.165) is 62.8 Å². The second kappa shape index (κ2) is 13.8. The van der Waals surface area contributed by atoms with Crippen LogP contribution in [0, 0.1) is 5.82 Å². The maximum absolute atomic E-state index is 13.7. The molecule has 45 heavy (non-hydrogen) atoms. The molecular formula is C37H36ClFN2O4. The van der Waals surface area contributed by atoms with E-state index in [9.17, 15) is 18.8 Å². The molecule has 2 heterocycles. The lowest BCUT2D eigenvalue weighted by Crippen LogP contribution is -2.36. The number of piperidine rings is 1. The van der Waals surface area contributed by atoms with Crippen LogP contribution in [-0.2, 0) is 17.8 Å². The summed E-state index contributed by atoms with van der Waals surface area (Å²) >= 11 is 6.11. The number of fused-ring (bicyclic) bond motifs is 1. The Labute approximate surface area is 266 Å². The summed E-state index contributed by atoms with van der Waals surface area (Å²) in [5.74, 6) is -0.526. The number of allylic oxidation sites excluding steroid dienone is 1. The van der Waals surface area contributed by atoms with Gasteiger partial charge in [-0.05, 0) is 97.9 Å². The molecule has 3 aromatic carbocycles. The van der Waals surface area contributed by atoms with Gasteiger partial charge in [0.2, 0.25) is 5.91 Å². The molecule has 2 fully saturated rings. The van der Waals surface area contributed by atoms with Crippen LogP contribution in [0.4, 0.5) is 4.39 Å². The second-order valence-electron chi connectivity index (χ2n) is 12.1. The number of hydrogen-bond donors (Lipinski definition) is 1. The second-order valence-corrected chi connectivity index (χ2v) is 12.5. The van der Waals surface area contributed by atoms with Gasteiger partial charge >= 0.3 is 0 Å². The number of likely N-dealkylation sites (tertiary alicyclic amines) is 1. The maximum Gasteiger partial charge on any atom is 0.287 e. The molecule has 6 nitrogen and oxygen atoms in total. The molecule has 2 amide bonds. The Bertz CT molecular complexity index is 1790. The van der Waals surface area contributed by atoms with Gasteiger partial charge in [-0.25, -0.2) is 4.39 Å². The summed E-state index contributed by atoms with van der Waals surface area (Å²) in [4.78, 5) is 40.5. The van der Waals surface area contributed by atoms with Gasteiger partial charge in [-0.2, -0.15) is 0 Å². The van der Waals surface area contributed by atoms with E-state index in [0.29, 0.717) is 30.3 Å². The quantitative estimate of drug-likeness (QED) is 0.203. The van der Waals surface area contributed by atoms with Crippen molar-refractivity contribution in [3.05, 3.63) is 128 Å². The number of nitrogens with one attached hydrogen (secondary N) is 1. The minimum atomic E-state index is -0.544. The van der Waals surface area contributed by atoms with Crippen molar-refractivity contribution >= 4 is 34.4 Å². The van der Waals surface area contributed by atoms with E-state index in [1.165, 1.54) is 28.8 Å². The molecule has 1 saturated carbocycles. The van der Waals surface area contributed by atoms with Crippen molar-refractivity contribution in [2.24, 2.45) is 0 Å². The Morgan fingerprint density at radius 1 is 1.00 bits per heavy atom. The highest BCUT2D eigenvalue weighted by Crippen LogP contribution is 2.37. The first-order chi connectivity index (χ1) is 21.8. The lowest BCUT2D eigenvalue weighted by atomic mass is 9.79. The first-order valence-electron chi connectivity index (χ1n) is 15.7. The minimum Gasteiger partial charge on any atom is -0.451 e. The molecule has 0 bridgehead atoms. The van der Waals surface area contributed by atoms with E-state index in [1.54, 1.807) is 0 Å². The Morgan fingerprint density at radius 2 is 1.78 bits per heavy atom. The lowest BCUT2D eigenvalue weighted by molar-refractivity contribution is -0.133. The zero-order chi connectivity index (χ0) is 31.3. The number of benzene rings is 3. The predicted molar refractivity (Wildman–Crippen MR) is 174 cm³/mol. The van der Waals surface area contributed by atoms with E-state index in [1.807, 2.05) is 29.2 Å². The molecule has 8 heteroatoms. The number of carbonyl (C=O) groups excluding carboxylic acids is 2. The summed E-state index contributed by atoms with van der Waals surface area (Å²) in [6.45, 7) is 1.50. The third kappa shape index (κ3) is 7.54. The normalized spacial score (nSPS) is 17.7. The van der Waals surface area contributed by atoms with Crippen LogP contribution in [0.1, 0.15) is 78.1 Å². The van der Waals surface area contributed by atoms with Crippen LogP contribution in [0.3, 0.4) is 0 Å². The summed E-state index contributed by atoms with van der Waals surface area (Å²) in [7, 11) is 0. The lowest BCUT2D eigenvalue weighted by Gasteiger charge is -2.31. The van der Waals surface area contributed by atoms with Gasteiger partial charge in [0.15, 0.2) is 11.2 Å². The SMILES string of the molecule is O=C(N[C@H](C=C1CCC(c2ccccc2CN2CCCCC2=O)CC1)Cc1ccc(Cl)cc1)c1cc(=O)c2cc(F)ccc2o1. The van der Waals surface area contributed by atoms with Gasteiger partial charge in [0, 0.05) is 30.6 Å². The van der Waals surface area contributed by atoms with Gasteiger partial charge in [0.25, 0.3) is 5.91 Å². The van der Waals surface area contributed by atoms with Gasteiger partial charge < -0.3 is 14.6 Å². The monoisotopic (exact) mass is 626 g/mol. The molecule has 0 unspecified atom stereocenters. The Hall–Kier alpha value is -4.23. The van der Waals surface area contributed by atoms with Crippen LogP contribution in [-0.4, -0.2) is 29.3 Å². The molecule has 1 aliphatic carbocycles. The fraction of sp³-hybridized carbons (Fsp3) is 0.324. The van der Waals surface area contributed by atoms with Crippen molar-refractivity contribution in [1.29, 1.82) is 0 Å². The van der Waals surface area contributed by atoms with Gasteiger partial charge in [-0.15, -0.1) is 0 Å². The highest BCUT2D eigenvalue weighted by Gasteiger charge is 2.25. The molecule has 0 spiro atoms. The molecule has 6 rings (SSSR count). The van der Waals surface area contributed by atoms with Gasteiger partial charge in [0.1, 0.15) is 11.4 Å². The summed E-state index contributed by atoms with van der Waals surface area (Å²) in [6, 6.07) is 20.5. The number of nitrogens with zero attached hydrogens (tertiary/aromatic N) is 1. The van der Waals surface area contributed by atoms with Crippen molar-refractivity contribution in [2.45, 2.75) is 69.9 Å². The highest BCUT2D eigenvalue weighted by atomic mass is 35.5. The van der Waals surface area contributed by atoms with E-state index < -0.39 is 17.2 Å². The standard InChI is InChI=1S/C37H36ClFN2O4/c38-28-14-10-25(11-15-28)20-30(40-37(44)35-22-33(42)32-21-29(39)16-17-34(32)45-35)19-24-8-12-26(13-9-24)31-6-2-1-5-27(31)23-41-18-4-3-7-36(41)43/h1-2,5-6,10-11,14-17,19,21-22,26,30H,3-4,7-9,12-13,18,20,23H2,(H,40,44)/t26?,30-/m1/s1. The van der Waals surface area contributed by atoms with Gasteiger partial charge in [0.05, 0.1) is 11.4 Å². The molecule has 1 N–H and O–H groups in total. The smallest absolute Gasteiger partial charge is 0.287 e. The minimum absolute atomic E-state index is 0.0900. The molecule has 1 aliphatic heterocycles. The van der Waals surface area contributed by atoms with E-state index in [4.69, 9.17) is 16.0 Å². The summed E-state index contributed by atoms with van der Waals surface area (Å²) < 4.78 is 19.4. The highest BCUT2D eigenvalue weighted by molar-refractivity contribution is 6.30. The van der Waals surface area contributed by atoms with Gasteiger partial charge in [-0.1, -0.05) is 59.6 Å². The number of carbonyl (C=O) groups is 2. The molecule has 4 aromatic rings. The molecule has 2 aliphatic rings. The zero-order valence-corrected chi connectivity index (χ0v) is 25.8. The van der Waals surface area contributed by atoms with E-state index >= 15 is 0 Å². The summed E-state index contributed by atoms with van der Waals surface area (Å²) in [5.41, 5.74) is 4.52. The average molecular weight is 627 g/mol. The number of halogens is 2. The maximum atomic E-state index is 13.7. The topological polar surface area (TPSA) is 79.6 Å². The largest absolute Gasteiger partial charge is 0.451 e. The van der Waals surface area contributed by atoms with E-state index in [-0.39, 0.29) is 28.7 Å². The Balaban J connectivity index is 1.18. The molecule has 1 saturated heterocycles. The fourth-order valence-electron chi connectivity index (χ4n) is 6.57. The number of hydrogen-bond acceptors (Lipinski definition) is 4. The van der Waals surface area contributed by atoms with Crippen LogP contribution in [0.2, 0.25) is 5.02 Å².